The van der Waals surface area contributed by atoms with Crippen LogP contribution in [0.5, 0.6) is 0 Å². The number of carboxylic acids is 1. The summed E-state index contributed by atoms with van der Waals surface area (Å²) in [7, 11) is 0. The lowest BCUT2D eigenvalue weighted by Gasteiger charge is -2.28. The van der Waals surface area contributed by atoms with Crippen LogP contribution in [0.15, 0.2) is 24.3 Å². The van der Waals surface area contributed by atoms with Gasteiger partial charge in [-0.1, -0.05) is 45.4 Å². The quantitative estimate of drug-likeness (QED) is 0.720. The van der Waals surface area contributed by atoms with Crippen molar-refractivity contribution in [2.75, 3.05) is 5.32 Å². The van der Waals surface area contributed by atoms with Gasteiger partial charge in [-0.25, -0.2) is 9.59 Å². The van der Waals surface area contributed by atoms with Crippen LogP contribution in [0.4, 0.5) is 10.5 Å². The molecule has 0 aliphatic heterocycles. The molecule has 1 aromatic carbocycles. The zero-order valence-corrected chi connectivity index (χ0v) is 12.9. The van der Waals surface area contributed by atoms with Gasteiger partial charge in [-0.05, 0) is 30.9 Å². The molecule has 0 atom stereocenters. The first kappa shape index (κ1) is 17.0. The first-order valence-corrected chi connectivity index (χ1v) is 7.39. The van der Waals surface area contributed by atoms with Gasteiger partial charge in [0.05, 0.1) is 0 Å². The lowest BCUT2D eigenvalue weighted by Crippen LogP contribution is -2.55. The fourth-order valence-electron chi connectivity index (χ4n) is 2.28. The highest BCUT2D eigenvalue weighted by molar-refractivity contribution is 5.94. The molecule has 0 heterocycles. The molecule has 0 aromatic heterocycles. The minimum atomic E-state index is -1.22. The molecule has 0 spiro atoms. The van der Waals surface area contributed by atoms with Gasteiger partial charge in [-0.2, -0.15) is 0 Å². The highest BCUT2D eigenvalue weighted by Crippen LogP contribution is 2.19. The molecule has 0 fully saturated rings. The number of aryl methyl sites for hydroxylation is 1. The van der Waals surface area contributed by atoms with Gasteiger partial charge in [0.1, 0.15) is 5.54 Å². The van der Waals surface area contributed by atoms with Crippen molar-refractivity contribution in [1.29, 1.82) is 0 Å². The second-order valence-corrected chi connectivity index (χ2v) is 5.08. The standard InChI is InChI=1S/C16H24N2O3/c1-4-9-12-10-7-8-11-13(12)17-15(21)18-16(5-2,6-3)14(19)20/h7-8,10-11H,4-6,9H2,1-3H3,(H,19,20)(H2,17,18,21). The summed E-state index contributed by atoms with van der Waals surface area (Å²) >= 11 is 0. The number of amides is 2. The minimum absolute atomic E-state index is 0.336. The summed E-state index contributed by atoms with van der Waals surface area (Å²) in [6, 6.07) is 7.07. The highest BCUT2D eigenvalue weighted by Gasteiger charge is 2.36. The Bertz CT molecular complexity index is 496. The summed E-state index contributed by atoms with van der Waals surface area (Å²) in [6.07, 6.45) is 2.51. The third-order valence-electron chi connectivity index (χ3n) is 3.75. The molecule has 0 radical (unpaired) electrons. The Kier molecular flexibility index (Phi) is 6.21. The highest BCUT2D eigenvalue weighted by atomic mass is 16.4. The van der Waals surface area contributed by atoms with E-state index in [-0.39, 0.29) is 0 Å². The van der Waals surface area contributed by atoms with E-state index in [1.165, 1.54) is 0 Å². The molecule has 2 amide bonds. The predicted octanol–water partition coefficient (Wildman–Crippen LogP) is 3.40. The lowest BCUT2D eigenvalue weighted by atomic mass is 9.93. The minimum Gasteiger partial charge on any atom is -0.480 e. The number of carbonyl (C=O) groups is 2. The Morgan fingerprint density at radius 2 is 1.76 bits per heavy atom. The Hall–Kier alpha value is -2.04. The molecule has 21 heavy (non-hydrogen) atoms. The van der Waals surface area contributed by atoms with Gasteiger partial charge in [0.2, 0.25) is 0 Å². The SMILES string of the molecule is CCCc1ccccc1NC(=O)NC(CC)(CC)C(=O)O. The van der Waals surface area contributed by atoms with E-state index in [2.05, 4.69) is 17.6 Å². The van der Waals surface area contributed by atoms with Gasteiger partial charge in [-0.15, -0.1) is 0 Å². The molecule has 3 N–H and O–H groups in total. The molecule has 0 aliphatic rings. The van der Waals surface area contributed by atoms with Crippen molar-refractivity contribution in [2.45, 2.75) is 52.0 Å². The molecule has 0 aliphatic carbocycles. The number of carbonyl (C=O) groups excluding carboxylic acids is 1. The van der Waals surface area contributed by atoms with Crippen LogP contribution in [0.2, 0.25) is 0 Å². The van der Waals surface area contributed by atoms with Crippen LogP contribution in [0.25, 0.3) is 0 Å². The Morgan fingerprint density at radius 3 is 2.29 bits per heavy atom. The summed E-state index contributed by atoms with van der Waals surface area (Å²) in [5.74, 6) is -1.01. The van der Waals surface area contributed by atoms with E-state index in [1.54, 1.807) is 13.8 Å². The monoisotopic (exact) mass is 292 g/mol. The van der Waals surface area contributed by atoms with Gasteiger partial charge in [0.15, 0.2) is 0 Å². The number of nitrogens with one attached hydrogen (secondary N) is 2. The number of hydrogen-bond donors (Lipinski definition) is 3. The maximum Gasteiger partial charge on any atom is 0.329 e. The number of rotatable bonds is 7. The van der Waals surface area contributed by atoms with Gasteiger partial charge < -0.3 is 15.7 Å². The maximum atomic E-state index is 12.1. The van der Waals surface area contributed by atoms with Crippen molar-refractivity contribution in [3.8, 4) is 0 Å². The zero-order valence-electron chi connectivity index (χ0n) is 12.9. The Labute approximate surface area is 125 Å². The largest absolute Gasteiger partial charge is 0.480 e. The fourth-order valence-corrected chi connectivity index (χ4v) is 2.28. The van der Waals surface area contributed by atoms with Crippen molar-refractivity contribution in [1.82, 2.24) is 5.32 Å². The second kappa shape index (κ2) is 7.67. The molecule has 1 rings (SSSR count). The molecule has 1 aromatic rings. The molecule has 0 unspecified atom stereocenters. The lowest BCUT2D eigenvalue weighted by molar-refractivity contribution is -0.144. The molecule has 0 saturated carbocycles. The first-order valence-electron chi connectivity index (χ1n) is 7.39. The smallest absolute Gasteiger partial charge is 0.329 e. The van der Waals surface area contributed by atoms with Crippen LogP contribution in [-0.4, -0.2) is 22.6 Å². The first-order chi connectivity index (χ1) is 9.99. The number of anilines is 1. The van der Waals surface area contributed by atoms with Gasteiger partial charge in [0, 0.05) is 5.69 Å². The average molecular weight is 292 g/mol. The molecular weight excluding hydrogens is 268 g/mol. The van der Waals surface area contributed by atoms with Crippen molar-refractivity contribution < 1.29 is 14.7 Å². The van der Waals surface area contributed by atoms with Crippen LogP contribution in [-0.2, 0) is 11.2 Å². The van der Waals surface area contributed by atoms with E-state index < -0.39 is 17.5 Å². The predicted molar refractivity (Wildman–Crippen MR) is 83.5 cm³/mol. The molecule has 116 valence electrons. The summed E-state index contributed by atoms with van der Waals surface area (Å²) in [5.41, 5.74) is 0.552. The summed E-state index contributed by atoms with van der Waals surface area (Å²) in [6.45, 7) is 5.58. The van der Waals surface area contributed by atoms with Crippen molar-refractivity contribution in [3.63, 3.8) is 0 Å². The third-order valence-corrected chi connectivity index (χ3v) is 3.75. The number of para-hydroxylation sites is 1. The molecule has 0 saturated heterocycles. The molecule has 5 heteroatoms. The number of hydrogen-bond acceptors (Lipinski definition) is 2. The van der Waals surface area contributed by atoms with Gasteiger partial charge in [-0.3, -0.25) is 0 Å². The molecule has 5 nitrogen and oxygen atoms in total. The van der Waals surface area contributed by atoms with Crippen molar-refractivity contribution in [3.05, 3.63) is 29.8 Å². The number of carboxylic acid groups (broad SMARTS) is 1. The third kappa shape index (κ3) is 4.21. The number of benzene rings is 1. The molecule has 0 bridgehead atoms. The summed E-state index contributed by atoms with van der Waals surface area (Å²) in [4.78, 5) is 23.5. The van der Waals surface area contributed by atoms with Crippen LogP contribution in [0, 0.1) is 0 Å². The van der Waals surface area contributed by atoms with E-state index in [9.17, 15) is 14.7 Å². The number of urea groups is 1. The van der Waals surface area contributed by atoms with Gasteiger partial charge >= 0.3 is 12.0 Å². The van der Waals surface area contributed by atoms with Crippen molar-refractivity contribution in [2.24, 2.45) is 0 Å². The summed E-state index contributed by atoms with van der Waals surface area (Å²) < 4.78 is 0. The van der Waals surface area contributed by atoms with E-state index in [0.717, 1.165) is 24.1 Å². The maximum absolute atomic E-state index is 12.1. The Balaban J connectivity index is 2.84. The normalized spacial score (nSPS) is 11.0. The van der Waals surface area contributed by atoms with Crippen molar-refractivity contribution >= 4 is 17.7 Å². The van der Waals surface area contributed by atoms with Crippen LogP contribution in [0.3, 0.4) is 0 Å². The molecular formula is C16H24N2O3. The van der Waals surface area contributed by atoms with Crippen LogP contribution < -0.4 is 10.6 Å². The van der Waals surface area contributed by atoms with E-state index >= 15 is 0 Å². The average Bonchev–Trinajstić information content (AvgIpc) is 2.47. The Morgan fingerprint density at radius 1 is 1.14 bits per heavy atom. The van der Waals surface area contributed by atoms with E-state index in [0.29, 0.717) is 12.8 Å². The van der Waals surface area contributed by atoms with Crippen LogP contribution in [0.1, 0.15) is 45.6 Å². The zero-order chi connectivity index (χ0) is 15.9. The van der Waals surface area contributed by atoms with Gasteiger partial charge in [0.25, 0.3) is 0 Å². The fraction of sp³-hybridized carbons (Fsp3) is 0.500. The van der Waals surface area contributed by atoms with E-state index in [4.69, 9.17) is 0 Å². The topological polar surface area (TPSA) is 78.4 Å². The number of aliphatic carboxylic acids is 1. The van der Waals surface area contributed by atoms with E-state index in [1.807, 2.05) is 24.3 Å². The summed E-state index contributed by atoms with van der Waals surface area (Å²) in [5, 5.41) is 14.7. The van der Waals surface area contributed by atoms with Crippen LogP contribution >= 0.6 is 0 Å². The second-order valence-electron chi connectivity index (χ2n) is 5.08.